The van der Waals surface area contributed by atoms with Crippen molar-refractivity contribution in [3.63, 3.8) is 0 Å². The average molecular weight is 366 g/mol. The number of methoxy groups -OCH3 is 1. The first kappa shape index (κ1) is 17.4. The van der Waals surface area contributed by atoms with Crippen LogP contribution in [0, 0.1) is 0 Å². The molecule has 0 fully saturated rings. The van der Waals surface area contributed by atoms with Crippen molar-refractivity contribution in [2.45, 2.75) is 25.5 Å². The lowest BCUT2D eigenvalue weighted by atomic mass is 10.1. The zero-order valence-corrected chi connectivity index (χ0v) is 15.3. The summed E-state index contributed by atoms with van der Waals surface area (Å²) in [6.07, 6.45) is 3.98. The molecule has 0 saturated carbocycles. The molecule has 0 aliphatic heterocycles. The number of tetrazole rings is 1. The number of benzene rings is 1. The fraction of sp³-hybridized carbons (Fsp3) is 0.316. The molecule has 2 unspecified atom stereocenters. The molecule has 0 aliphatic rings. The maximum absolute atomic E-state index is 10.5. The highest BCUT2D eigenvalue weighted by Gasteiger charge is 2.13. The topological polar surface area (TPSA) is 100 Å². The van der Waals surface area contributed by atoms with E-state index in [2.05, 4.69) is 32.7 Å². The summed E-state index contributed by atoms with van der Waals surface area (Å²) in [5.41, 5.74) is 3.73. The van der Waals surface area contributed by atoms with E-state index in [1.807, 2.05) is 30.5 Å². The quantitative estimate of drug-likeness (QED) is 0.462. The Morgan fingerprint density at radius 1 is 1.30 bits per heavy atom. The number of H-pyrrole nitrogens is 1. The standard InChI is InChI=1S/C19H22N6O2/c1-12(7-14-9-21-17-5-4-15(27-2)8-16(14)17)20-10-18(26)13-3-6-19-22-23-24-25(19)11-13/h3-6,8-9,11-12,18,20-21,26H,7,10H2,1-2H3. The number of aliphatic hydroxyl groups is 1. The van der Waals surface area contributed by atoms with E-state index in [9.17, 15) is 5.11 Å². The summed E-state index contributed by atoms with van der Waals surface area (Å²) in [6, 6.07) is 9.85. The Hall–Kier alpha value is -2.97. The van der Waals surface area contributed by atoms with Crippen molar-refractivity contribution >= 4 is 16.6 Å². The van der Waals surface area contributed by atoms with Gasteiger partial charge in [-0.3, -0.25) is 0 Å². The van der Waals surface area contributed by atoms with Crippen LogP contribution < -0.4 is 10.1 Å². The maximum atomic E-state index is 10.5. The number of rotatable bonds is 7. The normalized spacial score (nSPS) is 13.9. The Balaban J connectivity index is 1.39. The molecule has 0 amide bonds. The minimum absolute atomic E-state index is 0.196. The minimum Gasteiger partial charge on any atom is -0.497 e. The molecular weight excluding hydrogens is 344 g/mol. The first-order chi connectivity index (χ1) is 13.1. The van der Waals surface area contributed by atoms with Crippen LogP contribution in [0.15, 0.2) is 42.7 Å². The van der Waals surface area contributed by atoms with Crippen LogP contribution in [0.3, 0.4) is 0 Å². The first-order valence-corrected chi connectivity index (χ1v) is 8.87. The third-order valence-corrected chi connectivity index (χ3v) is 4.76. The van der Waals surface area contributed by atoms with E-state index in [0.29, 0.717) is 12.2 Å². The molecule has 8 heteroatoms. The number of hydrogen-bond acceptors (Lipinski definition) is 6. The Labute approximate surface area is 156 Å². The third kappa shape index (κ3) is 3.62. The summed E-state index contributed by atoms with van der Waals surface area (Å²) < 4.78 is 6.88. The molecule has 140 valence electrons. The number of ether oxygens (including phenoxy) is 1. The molecule has 3 heterocycles. The maximum Gasteiger partial charge on any atom is 0.179 e. The Morgan fingerprint density at radius 3 is 3.04 bits per heavy atom. The lowest BCUT2D eigenvalue weighted by Gasteiger charge is -2.17. The lowest BCUT2D eigenvalue weighted by Crippen LogP contribution is -2.32. The van der Waals surface area contributed by atoms with Gasteiger partial charge in [0.15, 0.2) is 5.65 Å². The molecule has 4 aromatic rings. The van der Waals surface area contributed by atoms with Gasteiger partial charge in [0.1, 0.15) is 5.75 Å². The van der Waals surface area contributed by atoms with Crippen molar-refractivity contribution in [2.24, 2.45) is 0 Å². The molecule has 27 heavy (non-hydrogen) atoms. The number of aromatic nitrogens is 5. The van der Waals surface area contributed by atoms with Gasteiger partial charge < -0.3 is 20.1 Å². The number of aromatic amines is 1. The molecule has 8 nitrogen and oxygen atoms in total. The van der Waals surface area contributed by atoms with Gasteiger partial charge in [-0.15, -0.1) is 5.10 Å². The van der Waals surface area contributed by atoms with Crippen LogP contribution in [0.1, 0.15) is 24.2 Å². The minimum atomic E-state index is -0.635. The second-order valence-corrected chi connectivity index (χ2v) is 6.70. The van der Waals surface area contributed by atoms with Crippen LogP contribution in [0.25, 0.3) is 16.6 Å². The largest absolute Gasteiger partial charge is 0.497 e. The zero-order chi connectivity index (χ0) is 18.8. The van der Waals surface area contributed by atoms with Crippen LogP contribution in [0.2, 0.25) is 0 Å². The van der Waals surface area contributed by atoms with Gasteiger partial charge in [-0.25, -0.2) is 4.52 Å². The van der Waals surface area contributed by atoms with Gasteiger partial charge in [-0.1, -0.05) is 6.07 Å². The van der Waals surface area contributed by atoms with Gasteiger partial charge in [-0.05, 0) is 53.6 Å². The molecule has 0 spiro atoms. The SMILES string of the molecule is COc1ccc2[nH]cc(CC(C)NCC(O)c3ccc4nnnn4c3)c2c1. The average Bonchev–Trinajstić information content (AvgIpc) is 3.32. The zero-order valence-electron chi connectivity index (χ0n) is 15.3. The fourth-order valence-corrected chi connectivity index (χ4v) is 3.24. The fourth-order valence-electron chi connectivity index (χ4n) is 3.24. The highest BCUT2D eigenvalue weighted by molar-refractivity contribution is 5.84. The summed E-state index contributed by atoms with van der Waals surface area (Å²) in [5, 5.41) is 26.4. The van der Waals surface area contributed by atoms with E-state index >= 15 is 0 Å². The molecule has 0 bridgehead atoms. The van der Waals surface area contributed by atoms with Crippen molar-refractivity contribution in [2.75, 3.05) is 13.7 Å². The van der Waals surface area contributed by atoms with E-state index < -0.39 is 6.10 Å². The predicted molar refractivity (Wildman–Crippen MR) is 102 cm³/mol. The number of nitrogens with zero attached hydrogens (tertiary/aromatic N) is 4. The smallest absolute Gasteiger partial charge is 0.179 e. The number of pyridine rings is 1. The van der Waals surface area contributed by atoms with Gasteiger partial charge in [0, 0.05) is 41.4 Å². The summed E-state index contributed by atoms with van der Waals surface area (Å²) in [4.78, 5) is 3.30. The molecule has 0 radical (unpaired) electrons. The Kier molecular flexibility index (Phi) is 4.74. The molecular formula is C19H22N6O2. The van der Waals surface area contributed by atoms with Gasteiger partial charge in [-0.2, -0.15) is 0 Å². The number of fused-ring (bicyclic) bond motifs is 2. The molecule has 3 N–H and O–H groups in total. The van der Waals surface area contributed by atoms with Crippen molar-refractivity contribution in [1.29, 1.82) is 0 Å². The molecule has 3 aromatic heterocycles. The Bertz CT molecular complexity index is 1060. The number of aliphatic hydroxyl groups excluding tert-OH is 1. The van der Waals surface area contributed by atoms with Crippen LogP contribution in [0.4, 0.5) is 0 Å². The second-order valence-electron chi connectivity index (χ2n) is 6.70. The van der Waals surface area contributed by atoms with Gasteiger partial charge in [0.05, 0.1) is 13.2 Å². The van der Waals surface area contributed by atoms with Crippen molar-refractivity contribution in [3.8, 4) is 5.75 Å². The molecule has 0 aliphatic carbocycles. The monoisotopic (exact) mass is 366 g/mol. The van der Waals surface area contributed by atoms with Crippen LogP contribution >= 0.6 is 0 Å². The van der Waals surface area contributed by atoms with Gasteiger partial charge >= 0.3 is 0 Å². The second kappa shape index (κ2) is 7.34. The summed E-state index contributed by atoms with van der Waals surface area (Å²) in [6.45, 7) is 2.55. The van der Waals surface area contributed by atoms with Gasteiger partial charge in [0.25, 0.3) is 0 Å². The van der Waals surface area contributed by atoms with E-state index in [1.54, 1.807) is 23.9 Å². The third-order valence-electron chi connectivity index (χ3n) is 4.76. The highest BCUT2D eigenvalue weighted by Crippen LogP contribution is 2.24. The van der Waals surface area contributed by atoms with Crippen LogP contribution in [-0.2, 0) is 6.42 Å². The van der Waals surface area contributed by atoms with Crippen molar-refractivity contribution in [1.82, 2.24) is 30.3 Å². The summed E-state index contributed by atoms with van der Waals surface area (Å²) in [7, 11) is 1.67. The first-order valence-electron chi connectivity index (χ1n) is 8.87. The lowest BCUT2D eigenvalue weighted by molar-refractivity contribution is 0.170. The van der Waals surface area contributed by atoms with E-state index in [0.717, 1.165) is 28.6 Å². The van der Waals surface area contributed by atoms with Gasteiger partial charge in [0.2, 0.25) is 0 Å². The highest BCUT2D eigenvalue weighted by atomic mass is 16.5. The summed E-state index contributed by atoms with van der Waals surface area (Å²) in [5.74, 6) is 0.845. The van der Waals surface area contributed by atoms with Crippen LogP contribution in [-0.4, -0.2) is 49.8 Å². The van der Waals surface area contributed by atoms with E-state index in [-0.39, 0.29) is 6.04 Å². The van der Waals surface area contributed by atoms with E-state index in [4.69, 9.17) is 4.74 Å². The molecule has 0 saturated heterocycles. The van der Waals surface area contributed by atoms with Crippen LogP contribution in [0.5, 0.6) is 5.75 Å². The molecule has 2 atom stereocenters. The van der Waals surface area contributed by atoms with E-state index in [1.165, 1.54) is 5.56 Å². The number of hydrogen-bond donors (Lipinski definition) is 3. The summed E-state index contributed by atoms with van der Waals surface area (Å²) >= 11 is 0. The predicted octanol–water partition coefficient (Wildman–Crippen LogP) is 1.87. The molecule has 4 rings (SSSR count). The van der Waals surface area contributed by atoms with Crippen molar-refractivity contribution < 1.29 is 9.84 Å². The Morgan fingerprint density at radius 2 is 2.19 bits per heavy atom. The molecule has 1 aromatic carbocycles. The van der Waals surface area contributed by atoms with Crippen molar-refractivity contribution in [3.05, 3.63) is 53.9 Å². The number of nitrogens with one attached hydrogen (secondary N) is 2.